The van der Waals surface area contributed by atoms with Gasteiger partial charge in [-0.25, -0.2) is 0 Å². The fraction of sp³-hybridized carbons (Fsp3) is 0.917. The molecule has 0 unspecified atom stereocenters. The largest absolute Gasteiger partial charge is 0.384 e. The Morgan fingerprint density at radius 3 is 2.82 bits per heavy atom. The topological polar surface area (TPSA) is 46.1 Å². The molecule has 5 nitrogen and oxygen atoms in total. The predicted molar refractivity (Wildman–Crippen MR) is 67.3 cm³/mol. The number of aliphatic imine (C=N–C) groups is 1. The average Bonchev–Trinajstić information content (AvgIpc) is 2.74. The van der Waals surface area contributed by atoms with Crippen molar-refractivity contribution in [3.63, 3.8) is 0 Å². The Kier molecular flexibility index (Phi) is 4.23. The van der Waals surface area contributed by atoms with E-state index in [1.54, 1.807) is 7.11 Å². The third-order valence-electron chi connectivity index (χ3n) is 3.68. The molecular formula is C12H23N3O2. The van der Waals surface area contributed by atoms with Gasteiger partial charge >= 0.3 is 0 Å². The molecule has 0 saturated carbocycles. The Hall–Kier alpha value is -0.810. The number of likely N-dealkylation sites (N-methyl/N-ethyl adjacent to an activating group) is 1. The first-order valence-electron chi connectivity index (χ1n) is 6.32. The van der Waals surface area contributed by atoms with Gasteiger partial charge in [-0.1, -0.05) is 0 Å². The number of methoxy groups -OCH3 is 1. The number of nitrogens with one attached hydrogen (secondary N) is 1. The molecule has 0 amide bonds. The summed E-state index contributed by atoms with van der Waals surface area (Å²) in [6.45, 7) is 5.32. The molecule has 2 aliphatic heterocycles. The first-order chi connectivity index (χ1) is 8.26. The molecular weight excluding hydrogens is 218 g/mol. The fourth-order valence-corrected chi connectivity index (χ4v) is 2.47. The van der Waals surface area contributed by atoms with Crippen molar-refractivity contribution in [3.8, 4) is 0 Å². The van der Waals surface area contributed by atoms with Crippen LogP contribution in [-0.4, -0.2) is 64.5 Å². The van der Waals surface area contributed by atoms with Crippen molar-refractivity contribution in [3.05, 3.63) is 0 Å². The van der Waals surface area contributed by atoms with Crippen LogP contribution in [0.15, 0.2) is 4.99 Å². The molecule has 0 bridgehead atoms. The van der Waals surface area contributed by atoms with E-state index in [9.17, 15) is 0 Å². The second-order valence-corrected chi connectivity index (χ2v) is 5.03. The highest BCUT2D eigenvalue weighted by Gasteiger charge is 2.33. The zero-order chi connectivity index (χ0) is 12.1. The third-order valence-corrected chi connectivity index (χ3v) is 3.68. The molecule has 1 fully saturated rings. The number of ether oxygens (including phenoxy) is 2. The summed E-state index contributed by atoms with van der Waals surface area (Å²) in [5, 5.41) is 3.47. The molecule has 1 saturated heterocycles. The Balaban J connectivity index is 1.88. The standard InChI is InChI=1S/C12H23N3O2/c1-15-6-5-13-11(15)14-9-12(10-16-2)3-7-17-8-4-12/h3-10H2,1-2H3,(H,13,14). The predicted octanol–water partition coefficient (Wildman–Crippen LogP) is 0.321. The first-order valence-corrected chi connectivity index (χ1v) is 6.32. The maximum absolute atomic E-state index is 5.44. The molecule has 5 heteroatoms. The van der Waals surface area contributed by atoms with E-state index in [1.807, 2.05) is 0 Å². The minimum Gasteiger partial charge on any atom is -0.384 e. The molecule has 0 spiro atoms. The Bertz CT molecular complexity index is 269. The highest BCUT2D eigenvalue weighted by Crippen LogP contribution is 2.30. The zero-order valence-electron chi connectivity index (χ0n) is 10.9. The van der Waals surface area contributed by atoms with Gasteiger partial charge in [0, 0.05) is 45.9 Å². The summed E-state index contributed by atoms with van der Waals surface area (Å²) in [6.07, 6.45) is 2.12. The van der Waals surface area contributed by atoms with Crippen LogP contribution >= 0.6 is 0 Å². The molecule has 0 aliphatic carbocycles. The van der Waals surface area contributed by atoms with Gasteiger partial charge in [-0.3, -0.25) is 4.99 Å². The van der Waals surface area contributed by atoms with Gasteiger partial charge < -0.3 is 19.7 Å². The second kappa shape index (κ2) is 5.69. The van der Waals surface area contributed by atoms with E-state index in [0.717, 1.165) is 58.3 Å². The quantitative estimate of drug-likeness (QED) is 0.770. The van der Waals surface area contributed by atoms with Gasteiger partial charge in [-0.05, 0) is 12.8 Å². The summed E-state index contributed by atoms with van der Waals surface area (Å²) < 4.78 is 10.8. The van der Waals surface area contributed by atoms with E-state index in [4.69, 9.17) is 9.47 Å². The lowest BCUT2D eigenvalue weighted by molar-refractivity contribution is -0.0249. The van der Waals surface area contributed by atoms with Crippen LogP contribution in [0, 0.1) is 5.41 Å². The van der Waals surface area contributed by atoms with E-state index in [-0.39, 0.29) is 5.41 Å². The van der Waals surface area contributed by atoms with Crippen LogP contribution in [0.2, 0.25) is 0 Å². The van der Waals surface area contributed by atoms with Crippen molar-refractivity contribution < 1.29 is 9.47 Å². The van der Waals surface area contributed by atoms with Crippen molar-refractivity contribution in [1.82, 2.24) is 10.2 Å². The monoisotopic (exact) mass is 241 g/mol. The van der Waals surface area contributed by atoms with Crippen LogP contribution in [0.4, 0.5) is 0 Å². The van der Waals surface area contributed by atoms with Crippen molar-refractivity contribution in [2.75, 3.05) is 53.6 Å². The molecule has 0 aromatic heterocycles. The van der Waals surface area contributed by atoms with Crippen LogP contribution in [0.25, 0.3) is 0 Å². The summed E-state index contributed by atoms with van der Waals surface area (Å²) in [5.41, 5.74) is 0.207. The van der Waals surface area contributed by atoms with Crippen LogP contribution in [0.1, 0.15) is 12.8 Å². The molecule has 0 aromatic carbocycles. The van der Waals surface area contributed by atoms with Gasteiger partial charge in [0.15, 0.2) is 5.96 Å². The van der Waals surface area contributed by atoms with Crippen molar-refractivity contribution in [1.29, 1.82) is 0 Å². The third kappa shape index (κ3) is 3.10. The summed E-state index contributed by atoms with van der Waals surface area (Å²) in [4.78, 5) is 6.62. The smallest absolute Gasteiger partial charge is 0.193 e. The van der Waals surface area contributed by atoms with Crippen LogP contribution in [0.5, 0.6) is 0 Å². The summed E-state index contributed by atoms with van der Waals surface area (Å²) in [5.74, 6) is 1.02. The number of hydrogen-bond acceptors (Lipinski definition) is 5. The normalized spacial score (nSPS) is 23.6. The van der Waals surface area contributed by atoms with Crippen molar-refractivity contribution in [2.45, 2.75) is 12.8 Å². The molecule has 17 heavy (non-hydrogen) atoms. The Labute approximate surface area is 103 Å². The lowest BCUT2D eigenvalue weighted by Crippen LogP contribution is -2.46. The fourth-order valence-electron chi connectivity index (χ4n) is 2.47. The van der Waals surface area contributed by atoms with Gasteiger partial charge in [-0.2, -0.15) is 0 Å². The number of hydrogen-bond donors (Lipinski definition) is 1. The van der Waals surface area contributed by atoms with Crippen LogP contribution in [0.3, 0.4) is 0 Å². The van der Waals surface area contributed by atoms with E-state index in [2.05, 4.69) is 22.3 Å². The molecule has 1 N–H and O–H groups in total. The van der Waals surface area contributed by atoms with Gasteiger partial charge in [-0.15, -0.1) is 0 Å². The summed E-state index contributed by atoms with van der Waals surface area (Å²) in [6, 6.07) is 0. The summed E-state index contributed by atoms with van der Waals surface area (Å²) >= 11 is 0. The molecule has 2 rings (SSSR count). The van der Waals surface area contributed by atoms with Crippen LogP contribution in [-0.2, 0) is 9.47 Å². The first kappa shape index (κ1) is 12.6. The maximum atomic E-state index is 5.44. The molecule has 98 valence electrons. The maximum Gasteiger partial charge on any atom is 0.193 e. The number of rotatable bonds is 4. The van der Waals surface area contributed by atoms with E-state index < -0.39 is 0 Å². The van der Waals surface area contributed by atoms with E-state index in [0.29, 0.717) is 0 Å². The van der Waals surface area contributed by atoms with Crippen LogP contribution < -0.4 is 5.32 Å². The molecule has 2 aliphatic rings. The van der Waals surface area contributed by atoms with Gasteiger partial charge in [0.05, 0.1) is 13.2 Å². The zero-order valence-corrected chi connectivity index (χ0v) is 10.9. The SMILES string of the molecule is COCC1(CNC2=NCCN2C)CCOCC1. The number of nitrogens with zero attached hydrogens (tertiary/aromatic N) is 2. The minimum absolute atomic E-state index is 0.207. The number of guanidine groups is 1. The van der Waals surface area contributed by atoms with E-state index >= 15 is 0 Å². The van der Waals surface area contributed by atoms with Gasteiger partial charge in [0.2, 0.25) is 0 Å². The van der Waals surface area contributed by atoms with Gasteiger partial charge in [0.1, 0.15) is 0 Å². The lowest BCUT2D eigenvalue weighted by atomic mass is 9.81. The highest BCUT2D eigenvalue weighted by atomic mass is 16.5. The highest BCUT2D eigenvalue weighted by molar-refractivity contribution is 5.81. The molecule has 0 radical (unpaired) electrons. The Morgan fingerprint density at radius 2 is 2.24 bits per heavy atom. The molecule has 0 atom stereocenters. The lowest BCUT2D eigenvalue weighted by Gasteiger charge is -2.37. The summed E-state index contributed by atoms with van der Waals surface area (Å²) in [7, 11) is 3.85. The average molecular weight is 241 g/mol. The van der Waals surface area contributed by atoms with Gasteiger partial charge in [0.25, 0.3) is 0 Å². The molecule has 0 aromatic rings. The minimum atomic E-state index is 0.207. The van der Waals surface area contributed by atoms with Crippen molar-refractivity contribution in [2.24, 2.45) is 10.4 Å². The van der Waals surface area contributed by atoms with E-state index in [1.165, 1.54) is 0 Å². The molecule has 2 heterocycles. The Morgan fingerprint density at radius 1 is 1.47 bits per heavy atom. The van der Waals surface area contributed by atoms with Crippen molar-refractivity contribution >= 4 is 5.96 Å². The second-order valence-electron chi connectivity index (χ2n) is 5.03.